The van der Waals surface area contributed by atoms with Gasteiger partial charge in [0.05, 0.1) is 0 Å². The van der Waals surface area contributed by atoms with Crippen molar-refractivity contribution in [3.8, 4) is 0 Å². The van der Waals surface area contributed by atoms with Gasteiger partial charge in [0.2, 0.25) is 5.91 Å². The molecule has 0 aliphatic heterocycles. The number of hydrogen-bond donors (Lipinski definition) is 2. The first-order chi connectivity index (χ1) is 10.2. The van der Waals surface area contributed by atoms with Gasteiger partial charge in [-0.15, -0.1) is 0 Å². The molecule has 0 spiro atoms. The molecule has 0 saturated heterocycles. The van der Waals surface area contributed by atoms with Crippen molar-refractivity contribution in [2.24, 2.45) is 0 Å². The number of carbonyl (C=O) groups excluding carboxylic acids is 1. The minimum Gasteiger partial charge on any atom is -0.324 e. The molecule has 21 heavy (non-hydrogen) atoms. The summed E-state index contributed by atoms with van der Waals surface area (Å²) >= 11 is 0. The lowest BCUT2D eigenvalue weighted by Crippen LogP contribution is -2.27. The number of aromatic nitrogens is 1. The molecule has 2 aromatic rings. The zero-order chi connectivity index (χ0) is 15.1. The van der Waals surface area contributed by atoms with Crippen LogP contribution in [-0.2, 0) is 17.9 Å². The fourth-order valence-corrected chi connectivity index (χ4v) is 1.99. The molecule has 0 saturated carbocycles. The van der Waals surface area contributed by atoms with Crippen LogP contribution >= 0.6 is 0 Å². The van der Waals surface area contributed by atoms with Gasteiger partial charge in [-0.3, -0.25) is 9.59 Å². The zero-order valence-electron chi connectivity index (χ0n) is 12.0. The second-order valence-corrected chi connectivity index (χ2v) is 4.65. The monoisotopic (exact) mass is 285 g/mol. The molecule has 0 unspecified atom stereocenters. The highest BCUT2D eigenvalue weighted by Gasteiger charge is 2.07. The minimum absolute atomic E-state index is 0.00914. The highest BCUT2D eigenvalue weighted by atomic mass is 16.2. The largest absolute Gasteiger partial charge is 0.324 e. The van der Waals surface area contributed by atoms with Crippen molar-refractivity contribution in [2.75, 3.05) is 11.9 Å². The van der Waals surface area contributed by atoms with E-state index in [0.29, 0.717) is 6.54 Å². The van der Waals surface area contributed by atoms with E-state index in [2.05, 4.69) is 10.6 Å². The van der Waals surface area contributed by atoms with Gasteiger partial charge in [0.1, 0.15) is 6.54 Å². The first-order valence-electron chi connectivity index (χ1n) is 6.94. The molecule has 1 aromatic heterocycles. The van der Waals surface area contributed by atoms with Gasteiger partial charge in [-0.1, -0.05) is 31.2 Å². The second-order valence-electron chi connectivity index (χ2n) is 4.65. The third-order valence-electron chi connectivity index (χ3n) is 3.07. The van der Waals surface area contributed by atoms with Crippen LogP contribution in [0.3, 0.4) is 0 Å². The topological polar surface area (TPSA) is 63.1 Å². The van der Waals surface area contributed by atoms with Gasteiger partial charge in [-0.05, 0) is 24.2 Å². The van der Waals surface area contributed by atoms with E-state index in [4.69, 9.17) is 0 Å². The van der Waals surface area contributed by atoms with Crippen LogP contribution in [0, 0.1) is 0 Å². The lowest BCUT2D eigenvalue weighted by Gasteiger charge is -2.12. The fourth-order valence-electron chi connectivity index (χ4n) is 1.99. The highest BCUT2D eigenvalue weighted by molar-refractivity contribution is 5.91. The third kappa shape index (κ3) is 4.29. The second kappa shape index (κ2) is 7.40. The molecular formula is C16H19N3O2. The predicted molar refractivity (Wildman–Crippen MR) is 83.2 cm³/mol. The maximum absolute atomic E-state index is 12.1. The van der Waals surface area contributed by atoms with Crippen molar-refractivity contribution >= 4 is 11.6 Å². The zero-order valence-corrected chi connectivity index (χ0v) is 12.0. The summed E-state index contributed by atoms with van der Waals surface area (Å²) < 4.78 is 1.38. The first kappa shape index (κ1) is 15.0. The van der Waals surface area contributed by atoms with Gasteiger partial charge >= 0.3 is 0 Å². The van der Waals surface area contributed by atoms with Crippen LogP contribution in [0.2, 0.25) is 0 Å². The molecule has 2 N–H and O–H groups in total. The number of pyridine rings is 1. The van der Waals surface area contributed by atoms with Crippen molar-refractivity contribution in [3.05, 3.63) is 64.6 Å². The van der Waals surface area contributed by atoms with Gasteiger partial charge in [-0.25, -0.2) is 0 Å². The van der Waals surface area contributed by atoms with Crippen LogP contribution in [-0.4, -0.2) is 17.0 Å². The first-order valence-corrected chi connectivity index (χ1v) is 6.94. The average molecular weight is 285 g/mol. The normalized spacial score (nSPS) is 10.3. The number of nitrogens with one attached hydrogen (secondary N) is 2. The number of rotatable bonds is 6. The number of amides is 1. The Morgan fingerprint density at radius 3 is 2.67 bits per heavy atom. The SMILES string of the molecule is CCNCc1ccccc1NC(=O)Cn1ccccc1=O. The lowest BCUT2D eigenvalue weighted by atomic mass is 10.1. The minimum atomic E-state index is -0.216. The van der Waals surface area contributed by atoms with E-state index in [1.807, 2.05) is 31.2 Å². The van der Waals surface area contributed by atoms with E-state index in [0.717, 1.165) is 17.8 Å². The molecule has 0 aliphatic carbocycles. The van der Waals surface area contributed by atoms with Gasteiger partial charge in [0.15, 0.2) is 0 Å². The molecule has 1 heterocycles. The van der Waals surface area contributed by atoms with Crippen molar-refractivity contribution in [3.63, 3.8) is 0 Å². The van der Waals surface area contributed by atoms with Crippen LogP contribution in [0.15, 0.2) is 53.5 Å². The number of hydrogen-bond acceptors (Lipinski definition) is 3. The number of nitrogens with zero attached hydrogens (tertiary/aromatic N) is 1. The molecular weight excluding hydrogens is 266 g/mol. The summed E-state index contributed by atoms with van der Waals surface area (Å²) in [5.74, 6) is -0.216. The van der Waals surface area contributed by atoms with Crippen molar-refractivity contribution in [1.82, 2.24) is 9.88 Å². The van der Waals surface area contributed by atoms with Crippen LogP contribution in [0.25, 0.3) is 0 Å². The average Bonchev–Trinajstić information content (AvgIpc) is 2.49. The molecule has 5 heteroatoms. The number of anilines is 1. The molecule has 0 bridgehead atoms. The van der Waals surface area contributed by atoms with Crippen LogP contribution in [0.4, 0.5) is 5.69 Å². The van der Waals surface area contributed by atoms with E-state index in [1.165, 1.54) is 10.6 Å². The quantitative estimate of drug-likeness (QED) is 0.847. The summed E-state index contributed by atoms with van der Waals surface area (Å²) in [4.78, 5) is 23.7. The fraction of sp³-hybridized carbons (Fsp3) is 0.250. The standard InChI is InChI=1S/C16H19N3O2/c1-2-17-11-13-7-3-4-8-14(13)18-15(20)12-19-10-6-5-9-16(19)21/h3-10,17H,2,11-12H2,1H3,(H,18,20). The Kier molecular flexibility index (Phi) is 5.29. The summed E-state index contributed by atoms with van der Waals surface area (Å²) in [5, 5.41) is 6.09. The Morgan fingerprint density at radius 1 is 1.14 bits per heavy atom. The molecule has 0 radical (unpaired) electrons. The number of para-hydroxylation sites is 1. The maximum Gasteiger partial charge on any atom is 0.250 e. The summed E-state index contributed by atoms with van der Waals surface area (Å²) in [6, 6.07) is 12.5. The molecule has 5 nitrogen and oxygen atoms in total. The number of carbonyl (C=O) groups is 1. The van der Waals surface area contributed by atoms with Gasteiger partial charge < -0.3 is 15.2 Å². The van der Waals surface area contributed by atoms with Gasteiger partial charge in [0, 0.05) is 24.5 Å². The molecule has 0 fully saturated rings. The van der Waals surface area contributed by atoms with Crippen LogP contribution in [0.1, 0.15) is 12.5 Å². The molecule has 0 atom stereocenters. The summed E-state index contributed by atoms with van der Waals surface area (Å²) in [6.07, 6.45) is 1.60. The summed E-state index contributed by atoms with van der Waals surface area (Å²) in [5.41, 5.74) is 1.61. The van der Waals surface area contributed by atoms with Crippen LogP contribution in [0.5, 0.6) is 0 Å². The predicted octanol–water partition coefficient (Wildman–Crippen LogP) is 1.60. The van der Waals surface area contributed by atoms with Gasteiger partial charge in [0.25, 0.3) is 5.56 Å². The molecule has 2 rings (SSSR count). The molecule has 0 aliphatic rings. The van der Waals surface area contributed by atoms with E-state index in [-0.39, 0.29) is 18.0 Å². The maximum atomic E-state index is 12.1. The van der Waals surface area contributed by atoms with Crippen molar-refractivity contribution in [1.29, 1.82) is 0 Å². The molecule has 1 aromatic carbocycles. The number of benzene rings is 1. The van der Waals surface area contributed by atoms with E-state index >= 15 is 0 Å². The van der Waals surface area contributed by atoms with Crippen LogP contribution < -0.4 is 16.2 Å². The summed E-state index contributed by atoms with van der Waals surface area (Å²) in [7, 11) is 0. The van der Waals surface area contributed by atoms with Gasteiger partial charge in [-0.2, -0.15) is 0 Å². The van der Waals surface area contributed by atoms with Crippen molar-refractivity contribution in [2.45, 2.75) is 20.0 Å². The smallest absolute Gasteiger partial charge is 0.250 e. The molecule has 1 amide bonds. The Hall–Kier alpha value is -2.40. The lowest BCUT2D eigenvalue weighted by molar-refractivity contribution is -0.116. The van der Waals surface area contributed by atoms with Crippen molar-refractivity contribution < 1.29 is 4.79 Å². The van der Waals surface area contributed by atoms with E-state index < -0.39 is 0 Å². The third-order valence-corrected chi connectivity index (χ3v) is 3.07. The molecule has 110 valence electrons. The van der Waals surface area contributed by atoms with E-state index in [1.54, 1.807) is 18.3 Å². The Balaban J connectivity index is 2.06. The summed E-state index contributed by atoms with van der Waals surface area (Å²) in [6.45, 7) is 3.60. The van der Waals surface area contributed by atoms with E-state index in [9.17, 15) is 9.59 Å². The Morgan fingerprint density at radius 2 is 1.90 bits per heavy atom. The Labute approximate surface area is 123 Å². The Bertz CT molecular complexity index is 664. The highest BCUT2D eigenvalue weighted by Crippen LogP contribution is 2.14.